The van der Waals surface area contributed by atoms with Crippen LogP contribution in [0.5, 0.6) is 0 Å². The van der Waals surface area contributed by atoms with Crippen molar-refractivity contribution in [2.75, 3.05) is 19.8 Å². The highest BCUT2D eigenvalue weighted by molar-refractivity contribution is 5.74. The fourth-order valence-corrected chi connectivity index (χ4v) is 2.67. The summed E-state index contributed by atoms with van der Waals surface area (Å²) in [5.74, 6) is 0.477. The van der Waals surface area contributed by atoms with Gasteiger partial charge in [-0.2, -0.15) is 0 Å². The number of rotatable bonds is 5. The maximum absolute atomic E-state index is 12.0. The average Bonchev–Trinajstić information content (AvgIpc) is 2.37. The quantitative estimate of drug-likeness (QED) is 0.723. The third-order valence-electron chi connectivity index (χ3n) is 3.75. The zero-order valence-corrected chi connectivity index (χ0v) is 13.2. The third-order valence-corrected chi connectivity index (χ3v) is 3.75. The lowest BCUT2D eigenvalue weighted by Gasteiger charge is -2.30. The summed E-state index contributed by atoms with van der Waals surface area (Å²) in [6.07, 6.45) is 2.74. The van der Waals surface area contributed by atoms with E-state index in [-0.39, 0.29) is 30.1 Å². The van der Waals surface area contributed by atoms with E-state index in [4.69, 9.17) is 4.74 Å². The van der Waals surface area contributed by atoms with Gasteiger partial charge in [-0.3, -0.25) is 0 Å². The van der Waals surface area contributed by atoms with E-state index in [1.165, 1.54) is 0 Å². The van der Waals surface area contributed by atoms with E-state index in [0.717, 1.165) is 32.5 Å². The maximum Gasteiger partial charge on any atom is 0.315 e. The predicted octanol–water partition coefficient (Wildman–Crippen LogP) is 1.90. The molecule has 1 aliphatic heterocycles. The number of amides is 2. The van der Waals surface area contributed by atoms with Crippen LogP contribution in [-0.4, -0.2) is 43.0 Å². The van der Waals surface area contributed by atoms with Crippen molar-refractivity contribution in [2.45, 2.75) is 59.0 Å². The van der Waals surface area contributed by atoms with Gasteiger partial charge in [-0.15, -0.1) is 0 Å². The highest BCUT2D eigenvalue weighted by Gasteiger charge is 2.24. The molecule has 5 heteroatoms. The van der Waals surface area contributed by atoms with Crippen molar-refractivity contribution in [1.82, 2.24) is 10.6 Å². The lowest BCUT2D eigenvalue weighted by atomic mass is 9.88. The van der Waals surface area contributed by atoms with Crippen molar-refractivity contribution in [3.05, 3.63) is 0 Å². The fourth-order valence-electron chi connectivity index (χ4n) is 2.67. The second-order valence-electron chi connectivity index (χ2n) is 7.00. The Kier molecular flexibility index (Phi) is 6.76. The van der Waals surface area contributed by atoms with Crippen LogP contribution in [0.1, 0.15) is 47.0 Å². The molecule has 118 valence electrons. The summed E-state index contributed by atoms with van der Waals surface area (Å²) in [6, 6.07) is -0.253. The molecule has 3 N–H and O–H groups in total. The van der Waals surface area contributed by atoms with Gasteiger partial charge in [0.15, 0.2) is 0 Å². The van der Waals surface area contributed by atoms with Crippen molar-refractivity contribution in [2.24, 2.45) is 11.3 Å². The topological polar surface area (TPSA) is 70.6 Å². The van der Waals surface area contributed by atoms with Crippen LogP contribution >= 0.6 is 0 Å². The summed E-state index contributed by atoms with van der Waals surface area (Å²) < 4.78 is 5.33. The van der Waals surface area contributed by atoms with Gasteiger partial charge in [0.25, 0.3) is 0 Å². The molecule has 1 fully saturated rings. The number of carbonyl (C=O) groups excluding carboxylic acids is 1. The molecule has 1 rings (SSSR count). The molecule has 2 atom stereocenters. The molecule has 0 bridgehead atoms. The molecule has 1 heterocycles. The van der Waals surface area contributed by atoms with Gasteiger partial charge < -0.3 is 20.5 Å². The van der Waals surface area contributed by atoms with E-state index in [2.05, 4.69) is 31.4 Å². The third kappa shape index (κ3) is 6.57. The van der Waals surface area contributed by atoms with Crippen LogP contribution in [0, 0.1) is 11.3 Å². The molecule has 2 amide bonds. The van der Waals surface area contributed by atoms with Gasteiger partial charge in [0.1, 0.15) is 0 Å². The fraction of sp³-hybridized carbons (Fsp3) is 0.933. The zero-order valence-electron chi connectivity index (χ0n) is 13.2. The molecule has 5 nitrogen and oxygen atoms in total. The number of hydrogen-bond acceptors (Lipinski definition) is 3. The molecule has 0 spiro atoms. The van der Waals surface area contributed by atoms with Crippen molar-refractivity contribution in [3.63, 3.8) is 0 Å². The molecule has 0 saturated carbocycles. The van der Waals surface area contributed by atoms with Gasteiger partial charge >= 0.3 is 6.03 Å². The Morgan fingerprint density at radius 2 is 1.90 bits per heavy atom. The second kappa shape index (κ2) is 7.84. The Morgan fingerprint density at radius 1 is 1.30 bits per heavy atom. The molecule has 1 aliphatic rings. The van der Waals surface area contributed by atoms with Crippen molar-refractivity contribution in [1.29, 1.82) is 0 Å². The lowest BCUT2D eigenvalue weighted by Crippen LogP contribution is -2.50. The van der Waals surface area contributed by atoms with Gasteiger partial charge in [0.05, 0.1) is 12.6 Å². The monoisotopic (exact) mass is 286 g/mol. The van der Waals surface area contributed by atoms with E-state index in [9.17, 15) is 9.90 Å². The highest BCUT2D eigenvalue weighted by atomic mass is 16.5. The molecule has 0 radical (unpaired) electrons. The first-order valence-electron chi connectivity index (χ1n) is 7.57. The predicted molar refractivity (Wildman–Crippen MR) is 79.6 cm³/mol. The van der Waals surface area contributed by atoms with Gasteiger partial charge in [-0.05, 0) is 37.5 Å². The highest BCUT2D eigenvalue weighted by Crippen LogP contribution is 2.21. The normalized spacial score (nSPS) is 20.2. The molecule has 0 aromatic carbocycles. The van der Waals surface area contributed by atoms with Gasteiger partial charge in [-0.25, -0.2) is 4.79 Å². The van der Waals surface area contributed by atoms with E-state index in [0.29, 0.717) is 5.92 Å². The average molecular weight is 286 g/mol. The smallest absolute Gasteiger partial charge is 0.315 e. The summed E-state index contributed by atoms with van der Waals surface area (Å²) in [4.78, 5) is 12.0. The van der Waals surface area contributed by atoms with Crippen molar-refractivity contribution >= 4 is 6.03 Å². The molecule has 0 aliphatic carbocycles. The summed E-state index contributed by atoms with van der Waals surface area (Å²) >= 11 is 0. The number of nitrogens with one attached hydrogen (secondary N) is 2. The summed E-state index contributed by atoms with van der Waals surface area (Å²) in [6.45, 7) is 9.85. The van der Waals surface area contributed by atoms with E-state index < -0.39 is 0 Å². The second-order valence-corrected chi connectivity index (χ2v) is 7.00. The van der Waals surface area contributed by atoms with E-state index in [1.807, 2.05) is 6.92 Å². The molecular formula is C15H30N2O3. The zero-order chi connectivity index (χ0) is 15.2. The first-order valence-corrected chi connectivity index (χ1v) is 7.57. The Hall–Kier alpha value is -0.810. The van der Waals surface area contributed by atoms with Crippen molar-refractivity contribution in [3.8, 4) is 0 Å². The summed E-state index contributed by atoms with van der Waals surface area (Å²) in [5.41, 5.74) is 0.0764. The largest absolute Gasteiger partial charge is 0.394 e. The summed E-state index contributed by atoms with van der Waals surface area (Å²) in [5, 5.41) is 15.2. The Balaban J connectivity index is 2.37. The first-order chi connectivity index (χ1) is 9.31. The molecule has 2 unspecified atom stereocenters. The lowest BCUT2D eigenvalue weighted by molar-refractivity contribution is 0.0569. The summed E-state index contributed by atoms with van der Waals surface area (Å²) in [7, 11) is 0. The van der Waals surface area contributed by atoms with Crippen LogP contribution in [0.15, 0.2) is 0 Å². The van der Waals surface area contributed by atoms with Crippen LogP contribution in [0.3, 0.4) is 0 Å². The number of aliphatic hydroxyl groups is 1. The standard InChI is InChI=1S/C15H30N2O3/c1-11(12-5-7-20-8-6-12)16-14(19)17-13(10-18)9-15(2,3)4/h11-13,18H,5-10H2,1-4H3,(H2,16,17,19). The number of hydrogen-bond donors (Lipinski definition) is 3. The Labute approximate surface area is 122 Å². The SMILES string of the molecule is CC(NC(=O)NC(CO)CC(C)(C)C)C1CCOCC1. The van der Waals surface area contributed by atoms with Crippen molar-refractivity contribution < 1.29 is 14.6 Å². The van der Waals surface area contributed by atoms with Crippen LogP contribution in [0.2, 0.25) is 0 Å². The molecular weight excluding hydrogens is 256 g/mol. The minimum absolute atomic E-state index is 0.0314. The number of ether oxygens (including phenoxy) is 1. The first kappa shape index (κ1) is 17.2. The minimum atomic E-state index is -0.197. The van der Waals surface area contributed by atoms with Crippen LogP contribution < -0.4 is 10.6 Å². The number of urea groups is 1. The van der Waals surface area contributed by atoms with E-state index in [1.54, 1.807) is 0 Å². The van der Waals surface area contributed by atoms with Gasteiger partial charge in [0.2, 0.25) is 0 Å². The molecule has 20 heavy (non-hydrogen) atoms. The van der Waals surface area contributed by atoms with Crippen LogP contribution in [-0.2, 0) is 4.74 Å². The van der Waals surface area contributed by atoms with Gasteiger partial charge in [0, 0.05) is 19.3 Å². The van der Waals surface area contributed by atoms with E-state index >= 15 is 0 Å². The number of aliphatic hydroxyl groups excluding tert-OH is 1. The Morgan fingerprint density at radius 3 is 2.40 bits per heavy atom. The van der Waals surface area contributed by atoms with Crippen LogP contribution in [0.25, 0.3) is 0 Å². The molecule has 0 aromatic heterocycles. The van der Waals surface area contributed by atoms with Crippen LogP contribution in [0.4, 0.5) is 4.79 Å². The molecule has 0 aromatic rings. The minimum Gasteiger partial charge on any atom is -0.394 e. The maximum atomic E-state index is 12.0. The Bertz CT molecular complexity index is 296. The number of carbonyl (C=O) groups is 1. The molecule has 1 saturated heterocycles. The van der Waals surface area contributed by atoms with Gasteiger partial charge in [-0.1, -0.05) is 20.8 Å².